The molecule has 0 aliphatic carbocycles. The molecule has 1 aliphatic heterocycles. The maximum absolute atomic E-state index is 13.9. The van der Waals surface area contributed by atoms with Crippen LogP contribution in [0.2, 0.25) is 0 Å². The van der Waals surface area contributed by atoms with E-state index in [-0.39, 0.29) is 11.7 Å². The molecule has 3 aromatic carbocycles. The van der Waals surface area contributed by atoms with Gasteiger partial charge in [0.15, 0.2) is 0 Å². The molecule has 1 aromatic heterocycles. The van der Waals surface area contributed by atoms with Crippen molar-refractivity contribution in [3.63, 3.8) is 0 Å². The molecule has 0 fully saturated rings. The molecule has 116 valence electrons. The van der Waals surface area contributed by atoms with Crippen LogP contribution in [0.3, 0.4) is 0 Å². The van der Waals surface area contributed by atoms with Crippen molar-refractivity contribution in [2.75, 3.05) is 0 Å². The number of hydrogen-bond donors (Lipinski definition) is 0. The molecule has 24 heavy (non-hydrogen) atoms. The Kier molecular flexibility index (Phi) is 2.77. The molecule has 3 heteroatoms. The molecule has 1 atom stereocenters. The van der Waals surface area contributed by atoms with Gasteiger partial charge >= 0.3 is 0 Å². The largest absolute Gasteiger partial charge is 0.460 e. The highest BCUT2D eigenvalue weighted by molar-refractivity contribution is 5.78. The first kappa shape index (κ1) is 13.4. The van der Waals surface area contributed by atoms with Gasteiger partial charge in [-0.3, -0.25) is 0 Å². The van der Waals surface area contributed by atoms with E-state index < -0.39 is 0 Å². The van der Waals surface area contributed by atoms with Crippen LogP contribution >= 0.6 is 0 Å². The van der Waals surface area contributed by atoms with Crippen LogP contribution in [0.1, 0.15) is 22.8 Å². The number of halogens is 1. The van der Waals surface area contributed by atoms with Crippen molar-refractivity contribution in [1.29, 1.82) is 0 Å². The van der Waals surface area contributed by atoms with E-state index >= 15 is 0 Å². The first-order chi connectivity index (χ1) is 11.8. The van der Waals surface area contributed by atoms with Gasteiger partial charge in [-0.05, 0) is 36.4 Å². The van der Waals surface area contributed by atoms with E-state index in [1.165, 1.54) is 12.1 Å². The number of rotatable bonds is 1. The van der Waals surface area contributed by atoms with Crippen LogP contribution in [0.4, 0.5) is 4.39 Å². The van der Waals surface area contributed by atoms with E-state index in [1.807, 2.05) is 54.6 Å². The van der Waals surface area contributed by atoms with Crippen LogP contribution in [0.25, 0.3) is 11.0 Å². The van der Waals surface area contributed by atoms with E-state index in [0.29, 0.717) is 5.75 Å². The molecule has 0 amide bonds. The van der Waals surface area contributed by atoms with E-state index in [1.54, 1.807) is 6.07 Å². The number of benzene rings is 3. The Morgan fingerprint density at radius 3 is 2.46 bits per heavy atom. The zero-order valence-electron chi connectivity index (χ0n) is 12.7. The molecule has 0 saturated carbocycles. The SMILES string of the molecule is Fc1ccc2c(c1)C(c1cc3ccccc3o1)c1ccccc1O2. The molecule has 0 bridgehead atoms. The minimum Gasteiger partial charge on any atom is -0.460 e. The molecule has 5 rings (SSSR count). The van der Waals surface area contributed by atoms with Gasteiger partial charge in [-0.25, -0.2) is 4.39 Å². The highest BCUT2D eigenvalue weighted by Gasteiger charge is 2.31. The molecule has 0 N–H and O–H groups in total. The predicted octanol–water partition coefficient (Wildman–Crippen LogP) is 5.86. The third-order valence-electron chi connectivity index (χ3n) is 4.46. The Labute approximate surface area is 138 Å². The van der Waals surface area contributed by atoms with Crippen molar-refractivity contribution in [2.45, 2.75) is 5.92 Å². The van der Waals surface area contributed by atoms with Crippen molar-refractivity contribution >= 4 is 11.0 Å². The highest BCUT2D eigenvalue weighted by Crippen LogP contribution is 2.48. The van der Waals surface area contributed by atoms with Crippen molar-refractivity contribution in [3.8, 4) is 11.5 Å². The van der Waals surface area contributed by atoms with Gasteiger partial charge < -0.3 is 9.15 Å². The fourth-order valence-electron chi connectivity index (χ4n) is 3.39. The van der Waals surface area contributed by atoms with Crippen LogP contribution in [-0.2, 0) is 0 Å². The molecule has 2 heterocycles. The minimum absolute atomic E-state index is 0.187. The Morgan fingerprint density at radius 2 is 1.54 bits per heavy atom. The average Bonchev–Trinajstić information content (AvgIpc) is 3.03. The molecule has 0 radical (unpaired) electrons. The summed E-state index contributed by atoms with van der Waals surface area (Å²) >= 11 is 0. The third kappa shape index (κ3) is 1.95. The van der Waals surface area contributed by atoms with Crippen LogP contribution in [-0.4, -0.2) is 0 Å². The summed E-state index contributed by atoms with van der Waals surface area (Å²) < 4.78 is 25.9. The Hall–Kier alpha value is -3.07. The lowest BCUT2D eigenvalue weighted by atomic mass is 9.86. The van der Waals surface area contributed by atoms with Crippen LogP contribution in [0, 0.1) is 5.82 Å². The van der Waals surface area contributed by atoms with Crippen molar-refractivity contribution in [3.05, 3.63) is 95.5 Å². The summed E-state index contributed by atoms with van der Waals surface area (Å²) in [6, 6.07) is 22.4. The first-order valence-electron chi connectivity index (χ1n) is 7.84. The average molecular weight is 316 g/mol. The van der Waals surface area contributed by atoms with Crippen LogP contribution in [0.15, 0.2) is 77.2 Å². The number of fused-ring (bicyclic) bond motifs is 3. The van der Waals surface area contributed by atoms with Crippen molar-refractivity contribution in [1.82, 2.24) is 0 Å². The zero-order valence-corrected chi connectivity index (χ0v) is 12.7. The standard InChI is InChI=1S/C21H13FO2/c22-14-9-10-19-16(12-14)21(15-6-2-4-8-18(15)24-19)20-11-13-5-1-3-7-17(13)23-20/h1-12,21H. The van der Waals surface area contributed by atoms with Crippen LogP contribution < -0.4 is 4.74 Å². The number of furan rings is 1. The second-order valence-electron chi connectivity index (χ2n) is 5.94. The summed E-state index contributed by atoms with van der Waals surface area (Å²) in [4.78, 5) is 0. The monoisotopic (exact) mass is 316 g/mol. The lowest BCUT2D eigenvalue weighted by molar-refractivity contribution is 0.436. The molecule has 1 aliphatic rings. The van der Waals surface area contributed by atoms with Gasteiger partial charge in [-0.2, -0.15) is 0 Å². The van der Waals surface area contributed by atoms with Gasteiger partial charge in [0.25, 0.3) is 0 Å². The second-order valence-corrected chi connectivity index (χ2v) is 5.94. The van der Waals surface area contributed by atoms with E-state index in [4.69, 9.17) is 9.15 Å². The van der Waals surface area contributed by atoms with Gasteiger partial charge in [-0.15, -0.1) is 0 Å². The van der Waals surface area contributed by atoms with Crippen LogP contribution in [0.5, 0.6) is 11.5 Å². The Morgan fingerprint density at radius 1 is 0.750 bits per heavy atom. The number of para-hydroxylation sites is 2. The smallest absolute Gasteiger partial charge is 0.134 e. The highest BCUT2D eigenvalue weighted by atomic mass is 19.1. The summed E-state index contributed by atoms with van der Waals surface area (Å²) in [5.74, 6) is 1.77. The summed E-state index contributed by atoms with van der Waals surface area (Å²) in [6.45, 7) is 0. The Bertz CT molecular complexity index is 1030. The molecule has 1 unspecified atom stereocenters. The molecule has 0 spiro atoms. The van der Waals surface area contributed by atoms with Gasteiger partial charge in [0.1, 0.15) is 28.7 Å². The topological polar surface area (TPSA) is 22.4 Å². The summed E-state index contributed by atoms with van der Waals surface area (Å²) in [7, 11) is 0. The maximum Gasteiger partial charge on any atom is 0.134 e. The number of hydrogen-bond acceptors (Lipinski definition) is 2. The van der Waals surface area contributed by atoms with Gasteiger partial charge in [0.2, 0.25) is 0 Å². The second kappa shape index (κ2) is 4.96. The summed E-state index contributed by atoms with van der Waals surface area (Å²) in [5, 5.41) is 1.04. The normalized spacial score (nSPS) is 15.6. The van der Waals surface area contributed by atoms with Gasteiger partial charge in [0, 0.05) is 16.5 Å². The van der Waals surface area contributed by atoms with E-state index in [0.717, 1.165) is 33.6 Å². The summed E-state index contributed by atoms with van der Waals surface area (Å²) in [5.41, 5.74) is 2.59. The van der Waals surface area contributed by atoms with Crippen molar-refractivity contribution in [2.24, 2.45) is 0 Å². The molecular weight excluding hydrogens is 303 g/mol. The van der Waals surface area contributed by atoms with E-state index in [9.17, 15) is 4.39 Å². The minimum atomic E-state index is -0.280. The van der Waals surface area contributed by atoms with E-state index in [2.05, 4.69) is 0 Å². The van der Waals surface area contributed by atoms with Gasteiger partial charge in [-0.1, -0.05) is 36.4 Å². The third-order valence-corrected chi connectivity index (χ3v) is 4.46. The zero-order chi connectivity index (χ0) is 16.1. The first-order valence-corrected chi connectivity index (χ1v) is 7.84. The molecular formula is C21H13FO2. The summed E-state index contributed by atoms with van der Waals surface area (Å²) in [6.07, 6.45) is 0. The fraction of sp³-hybridized carbons (Fsp3) is 0.0476. The molecule has 0 saturated heterocycles. The molecule has 2 nitrogen and oxygen atoms in total. The quantitative estimate of drug-likeness (QED) is 0.386. The predicted molar refractivity (Wildman–Crippen MR) is 90.1 cm³/mol. The van der Waals surface area contributed by atoms with Crippen molar-refractivity contribution < 1.29 is 13.5 Å². The lowest BCUT2D eigenvalue weighted by Crippen LogP contribution is -2.11. The Balaban J connectivity index is 1.79. The molecule has 4 aromatic rings. The number of ether oxygens (including phenoxy) is 1. The maximum atomic E-state index is 13.9. The fourth-order valence-corrected chi connectivity index (χ4v) is 3.39. The lowest BCUT2D eigenvalue weighted by Gasteiger charge is -2.27. The van der Waals surface area contributed by atoms with Gasteiger partial charge in [0.05, 0.1) is 5.92 Å².